The minimum atomic E-state index is -0.227. The van der Waals surface area contributed by atoms with Crippen molar-refractivity contribution in [2.75, 3.05) is 18.4 Å². The summed E-state index contributed by atoms with van der Waals surface area (Å²) in [6, 6.07) is 9.53. The third-order valence-corrected chi connectivity index (χ3v) is 4.88. The molecule has 3 aromatic rings. The average Bonchev–Trinajstić information content (AvgIpc) is 3.30. The highest BCUT2D eigenvalue weighted by atomic mass is 16.4. The van der Waals surface area contributed by atoms with Crippen molar-refractivity contribution in [2.24, 2.45) is 0 Å². The second-order valence-electron chi connectivity index (χ2n) is 6.88. The van der Waals surface area contributed by atoms with E-state index in [1.165, 1.54) is 0 Å². The van der Waals surface area contributed by atoms with E-state index in [1.807, 2.05) is 49.0 Å². The molecule has 1 saturated heterocycles. The van der Waals surface area contributed by atoms with Gasteiger partial charge >= 0.3 is 0 Å². The van der Waals surface area contributed by atoms with Crippen LogP contribution in [0.15, 0.2) is 40.9 Å². The van der Waals surface area contributed by atoms with Crippen LogP contribution in [0.4, 0.5) is 5.69 Å². The SMILES string of the molecule is Cc1nc(-c2cccc(NC(=O)c3ccn(C4CCCNC4)n3)c2)oc1C. The molecular formula is C20H23N5O2. The number of nitrogens with one attached hydrogen (secondary N) is 2. The summed E-state index contributed by atoms with van der Waals surface area (Å²) in [5, 5.41) is 10.7. The van der Waals surface area contributed by atoms with Crippen LogP contribution in [0.3, 0.4) is 0 Å². The largest absolute Gasteiger partial charge is 0.441 e. The molecule has 1 atom stereocenters. The lowest BCUT2D eigenvalue weighted by atomic mass is 10.1. The second-order valence-corrected chi connectivity index (χ2v) is 6.88. The highest BCUT2D eigenvalue weighted by Crippen LogP contribution is 2.24. The van der Waals surface area contributed by atoms with Gasteiger partial charge in [-0.15, -0.1) is 0 Å². The van der Waals surface area contributed by atoms with Crippen LogP contribution >= 0.6 is 0 Å². The fraction of sp³-hybridized carbons (Fsp3) is 0.350. The smallest absolute Gasteiger partial charge is 0.276 e. The van der Waals surface area contributed by atoms with E-state index in [0.29, 0.717) is 23.3 Å². The van der Waals surface area contributed by atoms with Crippen LogP contribution in [0.2, 0.25) is 0 Å². The van der Waals surface area contributed by atoms with E-state index in [2.05, 4.69) is 20.7 Å². The molecule has 7 heteroatoms. The zero-order chi connectivity index (χ0) is 18.8. The van der Waals surface area contributed by atoms with Gasteiger partial charge in [-0.05, 0) is 57.5 Å². The number of anilines is 1. The topological polar surface area (TPSA) is 85.0 Å². The number of aryl methyl sites for hydroxylation is 2. The first-order valence-electron chi connectivity index (χ1n) is 9.22. The number of carbonyl (C=O) groups excluding carboxylic acids is 1. The second kappa shape index (κ2) is 7.36. The van der Waals surface area contributed by atoms with E-state index in [0.717, 1.165) is 42.9 Å². The van der Waals surface area contributed by atoms with E-state index in [1.54, 1.807) is 6.07 Å². The molecule has 1 aliphatic heterocycles. The molecule has 3 heterocycles. The lowest BCUT2D eigenvalue weighted by Gasteiger charge is -2.22. The maximum atomic E-state index is 12.6. The van der Waals surface area contributed by atoms with Gasteiger partial charge < -0.3 is 15.1 Å². The van der Waals surface area contributed by atoms with Crippen LogP contribution in [-0.4, -0.2) is 33.8 Å². The van der Waals surface area contributed by atoms with Gasteiger partial charge in [0, 0.05) is 24.0 Å². The quantitative estimate of drug-likeness (QED) is 0.741. The molecule has 0 bridgehead atoms. The minimum absolute atomic E-state index is 0.227. The molecule has 1 amide bonds. The third kappa shape index (κ3) is 3.78. The minimum Gasteiger partial charge on any atom is -0.441 e. The molecule has 0 saturated carbocycles. The summed E-state index contributed by atoms with van der Waals surface area (Å²) in [6.45, 7) is 5.73. The molecule has 2 aromatic heterocycles. The van der Waals surface area contributed by atoms with Crippen molar-refractivity contribution in [1.82, 2.24) is 20.1 Å². The Hall–Kier alpha value is -2.93. The molecule has 0 aliphatic carbocycles. The van der Waals surface area contributed by atoms with Gasteiger partial charge in [-0.25, -0.2) is 4.98 Å². The van der Waals surface area contributed by atoms with Gasteiger partial charge in [0.1, 0.15) is 5.76 Å². The molecule has 2 N–H and O–H groups in total. The number of carbonyl (C=O) groups is 1. The maximum absolute atomic E-state index is 12.6. The molecule has 1 fully saturated rings. The summed E-state index contributed by atoms with van der Waals surface area (Å²) in [6.07, 6.45) is 4.08. The number of piperidine rings is 1. The van der Waals surface area contributed by atoms with E-state index in [4.69, 9.17) is 4.42 Å². The van der Waals surface area contributed by atoms with E-state index in [9.17, 15) is 4.79 Å². The first-order chi connectivity index (χ1) is 13.1. The van der Waals surface area contributed by atoms with Crippen LogP contribution in [0.1, 0.15) is 40.8 Å². The van der Waals surface area contributed by atoms with E-state index < -0.39 is 0 Å². The van der Waals surface area contributed by atoms with Crippen LogP contribution in [0.25, 0.3) is 11.5 Å². The Morgan fingerprint density at radius 2 is 2.22 bits per heavy atom. The van der Waals surface area contributed by atoms with Crippen molar-refractivity contribution in [3.63, 3.8) is 0 Å². The van der Waals surface area contributed by atoms with Gasteiger partial charge in [0.15, 0.2) is 5.69 Å². The molecule has 140 valence electrons. The Labute approximate surface area is 157 Å². The number of oxazole rings is 1. The highest BCUT2D eigenvalue weighted by Gasteiger charge is 2.18. The van der Waals surface area contributed by atoms with Crippen LogP contribution in [0.5, 0.6) is 0 Å². The Morgan fingerprint density at radius 1 is 1.33 bits per heavy atom. The molecule has 27 heavy (non-hydrogen) atoms. The van der Waals surface area contributed by atoms with Crippen LogP contribution in [-0.2, 0) is 0 Å². The van der Waals surface area contributed by atoms with Crippen molar-refractivity contribution in [2.45, 2.75) is 32.7 Å². The fourth-order valence-corrected chi connectivity index (χ4v) is 3.24. The van der Waals surface area contributed by atoms with Gasteiger partial charge in [-0.2, -0.15) is 5.10 Å². The monoisotopic (exact) mass is 365 g/mol. The summed E-state index contributed by atoms with van der Waals surface area (Å²) in [5.41, 5.74) is 2.78. The summed E-state index contributed by atoms with van der Waals surface area (Å²) < 4.78 is 7.55. The number of benzene rings is 1. The van der Waals surface area contributed by atoms with E-state index in [-0.39, 0.29) is 5.91 Å². The number of amides is 1. The molecule has 0 radical (unpaired) electrons. The van der Waals surface area contributed by atoms with Crippen molar-refractivity contribution >= 4 is 11.6 Å². The molecule has 1 unspecified atom stereocenters. The van der Waals surface area contributed by atoms with Gasteiger partial charge in [0.25, 0.3) is 5.91 Å². The maximum Gasteiger partial charge on any atom is 0.276 e. The predicted molar refractivity (Wildman–Crippen MR) is 103 cm³/mol. The van der Waals surface area contributed by atoms with Gasteiger partial charge in [0.05, 0.1) is 11.7 Å². The number of aromatic nitrogens is 3. The summed E-state index contributed by atoms with van der Waals surface area (Å²) in [5.74, 6) is 1.12. The van der Waals surface area contributed by atoms with Gasteiger partial charge in [0.2, 0.25) is 5.89 Å². The first kappa shape index (κ1) is 17.5. The fourth-order valence-electron chi connectivity index (χ4n) is 3.24. The Balaban J connectivity index is 1.48. The van der Waals surface area contributed by atoms with Gasteiger partial charge in [-0.1, -0.05) is 6.07 Å². The molecular weight excluding hydrogens is 342 g/mol. The lowest BCUT2D eigenvalue weighted by Crippen LogP contribution is -2.32. The molecule has 1 aliphatic rings. The average molecular weight is 365 g/mol. The predicted octanol–water partition coefficient (Wildman–Crippen LogP) is 3.33. The van der Waals surface area contributed by atoms with E-state index >= 15 is 0 Å². The van der Waals surface area contributed by atoms with Crippen LogP contribution in [0, 0.1) is 13.8 Å². The summed E-state index contributed by atoms with van der Waals surface area (Å²) >= 11 is 0. The van der Waals surface area contributed by atoms with Gasteiger partial charge in [-0.3, -0.25) is 9.48 Å². The highest BCUT2D eigenvalue weighted by molar-refractivity contribution is 6.03. The number of rotatable bonds is 4. The van der Waals surface area contributed by atoms with Crippen LogP contribution < -0.4 is 10.6 Å². The number of hydrogen-bond donors (Lipinski definition) is 2. The zero-order valence-corrected chi connectivity index (χ0v) is 15.5. The Kier molecular flexibility index (Phi) is 4.77. The molecule has 1 aromatic carbocycles. The van der Waals surface area contributed by atoms with Crippen molar-refractivity contribution in [3.05, 3.63) is 53.7 Å². The lowest BCUT2D eigenvalue weighted by molar-refractivity contribution is 0.102. The first-order valence-corrected chi connectivity index (χ1v) is 9.22. The molecule has 0 spiro atoms. The summed E-state index contributed by atoms with van der Waals surface area (Å²) in [4.78, 5) is 17.0. The Morgan fingerprint density at radius 3 is 2.96 bits per heavy atom. The number of hydrogen-bond acceptors (Lipinski definition) is 5. The standard InChI is InChI=1S/C20H23N5O2/c1-13-14(2)27-20(22-13)15-5-3-6-16(11-15)23-19(26)18-8-10-25(24-18)17-7-4-9-21-12-17/h3,5-6,8,10-11,17,21H,4,7,9,12H2,1-2H3,(H,23,26). The summed E-state index contributed by atoms with van der Waals surface area (Å²) in [7, 11) is 0. The van der Waals surface area contributed by atoms with Crippen molar-refractivity contribution in [3.8, 4) is 11.5 Å². The Bertz CT molecular complexity index is 933. The van der Waals surface area contributed by atoms with Crippen molar-refractivity contribution < 1.29 is 9.21 Å². The third-order valence-electron chi connectivity index (χ3n) is 4.88. The van der Waals surface area contributed by atoms with Crippen molar-refractivity contribution in [1.29, 1.82) is 0 Å². The molecule has 7 nitrogen and oxygen atoms in total. The number of nitrogens with zero attached hydrogens (tertiary/aromatic N) is 3. The normalized spacial score (nSPS) is 17.0. The zero-order valence-electron chi connectivity index (χ0n) is 15.5. The molecule has 4 rings (SSSR count).